The zero-order valence-electron chi connectivity index (χ0n) is 15.8. The van der Waals surface area contributed by atoms with Gasteiger partial charge >= 0.3 is 0 Å². The van der Waals surface area contributed by atoms with Gasteiger partial charge in [-0.1, -0.05) is 54.2 Å². The van der Waals surface area contributed by atoms with E-state index in [1.165, 1.54) is 50.5 Å². The van der Waals surface area contributed by atoms with Crippen molar-refractivity contribution < 1.29 is 0 Å². The monoisotopic (exact) mass is 334 g/mol. The molecule has 2 fully saturated rings. The predicted octanol–water partition coefficient (Wildman–Crippen LogP) is 6.89. The van der Waals surface area contributed by atoms with Crippen LogP contribution < -0.4 is 0 Å². The van der Waals surface area contributed by atoms with Crippen LogP contribution in [0.3, 0.4) is 0 Å². The van der Waals surface area contributed by atoms with Gasteiger partial charge in [0.1, 0.15) is 0 Å². The Kier molecular flexibility index (Phi) is 5.15. The lowest BCUT2D eigenvalue weighted by Gasteiger charge is -2.26. The zero-order chi connectivity index (χ0) is 17.2. The van der Waals surface area contributed by atoms with Gasteiger partial charge in [-0.2, -0.15) is 0 Å². The van der Waals surface area contributed by atoms with Crippen molar-refractivity contribution in [3.63, 3.8) is 0 Å². The Bertz CT molecular complexity index is 602. The smallest absolute Gasteiger partial charge is 0.0136 e. The second kappa shape index (κ2) is 7.52. The fourth-order valence-electron chi connectivity index (χ4n) is 6.17. The molecule has 0 aliphatic heterocycles. The predicted molar refractivity (Wildman–Crippen MR) is 108 cm³/mol. The summed E-state index contributed by atoms with van der Waals surface area (Å²) in [5.74, 6) is 5.99. The van der Waals surface area contributed by atoms with Gasteiger partial charge in [0, 0.05) is 0 Å². The van der Waals surface area contributed by atoms with Crippen molar-refractivity contribution in [1.82, 2.24) is 0 Å². The average Bonchev–Trinajstić information content (AvgIpc) is 3.20. The lowest BCUT2D eigenvalue weighted by atomic mass is 9.79. The number of hydrogen-bond acceptors (Lipinski definition) is 0. The summed E-state index contributed by atoms with van der Waals surface area (Å²) in [6.45, 7) is 6.31. The van der Waals surface area contributed by atoms with E-state index >= 15 is 0 Å². The molecule has 0 amide bonds. The highest BCUT2D eigenvalue weighted by Crippen LogP contribution is 2.50. The topological polar surface area (TPSA) is 0 Å². The summed E-state index contributed by atoms with van der Waals surface area (Å²) < 4.78 is 0. The van der Waals surface area contributed by atoms with E-state index in [0.29, 0.717) is 0 Å². The van der Waals surface area contributed by atoms with Crippen LogP contribution in [0.25, 0.3) is 0 Å². The first-order valence-corrected chi connectivity index (χ1v) is 10.6. The molecule has 0 aromatic heterocycles. The van der Waals surface area contributed by atoms with Gasteiger partial charge in [0.05, 0.1) is 0 Å². The molecule has 0 bridgehead atoms. The standard InChI is InChI=1S/C25H34/c1-18(2)11-12-21-17-22(25-10-6-5-9-24(21)25)16-15-20-14-13-19-7-3-4-8-23(19)20/h3-10,19-25H,1,11-17H2,2H3. The Morgan fingerprint density at radius 1 is 0.760 bits per heavy atom. The van der Waals surface area contributed by atoms with Crippen molar-refractivity contribution in [2.45, 2.75) is 51.9 Å². The maximum atomic E-state index is 4.12. The largest absolute Gasteiger partial charge is 0.100 e. The summed E-state index contributed by atoms with van der Waals surface area (Å²) in [6.07, 6.45) is 28.9. The molecule has 0 N–H and O–H groups in total. The fraction of sp³-hybridized carbons (Fsp3) is 0.600. The quantitative estimate of drug-likeness (QED) is 0.464. The van der Waals surface area contributed by atoms with Crippen molar-refractivity contribution >= 4 is 0 Å². The summed E-state index contributed by atoms with van der Waals surface area (Å²) in [4.78, 5) is 0. The summed E-state index contributed by atoms with van der Waals surface area (Å²) >= 11 is 0. The van der Waals surface area contributed by atoms with E-state index < -0.39 is 0 Å². The molecule has 4 rings (SSSR count). The molecule has 7 atom stereocenters. The summed E-state index contributed by atoms with van der Waals surface area (Å²) in [7, 11) is 0. The highest BCUT2D eigenvalue weighted by molar-refractivity contribution is 5.20. The van der Waals surface area contributed by atoms with Crippen molar-refractivity contribution in [2.75, 3.05) is 0 Å². The molecule has 0 heteroatoms. The molecule has 4 aliphatic rings. The highest BCUT2D eigenvalue weighted by Gasteiger charge is 2.41. The van der Waals surface area contributed by atoms with Gasteiger partial charge in [-0.05, 0) is 93.3 Å². The van der Waals surface area contributed by atoms with E-state index in [0.717, 1.165) is 41.4 Å². The maximum absolute atomic E-state index is 4.12. The molecule has 4 aliphatic carbocycles. The minimum atomic E-state index is 0.795. The molecule has 0 radical (unpaired) electrons. The number of allylic oxidation sites excluding steroid dienone is 9. The van der Waals surface area contributed by atoms with Crippen molar-refractivity contribution in [3.8, 4) is 0 Å². The Morgan fingerprint density at radius 3 is 2.08 bits per heavy atom. The summed E-state index contributed by atoms with van der Waals surface area (Å²) in [6, 6.07) is 0. The molecule has 0 heterocycles. The second-order valence-corrected chi connectivity index (χ2v) is 9.10. The molecule has 0 nitrogen and oxygen atoms in total. The van der Waals surface area contributed by atoms with Crippen LogP contribution in [-0.4, -0.2) is 0 Å². The van der Waals surface area contributed by atoms with Gasteiger partial charge in [0.2, 0.25) is 0 Å². The molecule has 0 saturated heterocycles. The third-order valence-corrected chi connectivity index (χ3v) is 7.48. The third kappa shape index (κ3) is 3.64. The third-order valence-electron chi connectivity index (χ3n) is 7.48. The van der Waals surface area contributed by atoms with E-state index in [1.807, 2.05) is 0 Å². The summed E-state index contributed by atoms with van der Waals surface area (Å²) in [5.41, 5.74) is 1.35. The van der Waals surface area contributed by atoms with E-state index in [9.17, 15) is 0 Å². The van der Waals surface area contributed by atoms with Gasteiger partial charge < -0.3 is 0 Å². The van der Waals surface area contributed by atoms with Crippen molar-refractivity contribution in [2.24, 2.45) is 41.4 Å². The van der Waals surface area contributed by atoms with Crippen LogP contribution >= 0.6 is 0 Å². The molecular weight excluding hydrogens is 300 g/mol. The highest BCUT2D eigenvalue weighted by atomic mass is 14.5. The molecule has 0 spiro atoms. The Hall–Kier alpha value is -1.30. The van der Waals surface area contributed by atoms with Gasteiger partial charge in [-0.3, -0.25) is 0 Å². The first kappa shape index (κ1) is 17.1. The van der Waals surface area contributed by atoms with Crippen LogP contribution in [0, 0.1) is 41.4 Å². The minimum absolute atomic E-state index is 0.795. The van der Waals surface area contributed by atoms with E-state index in [4.69, 9.17) is 0 Å². The Labute approximate surface area is 154 Å². The van der Waals surface area contributed by atoms with Gasteiger partial charge in [-0.25, -0.2) is 0 Å². The van der Waals surface area contributed by atoms with E-state index in [-0.39, 0.29) is 0 Å². The first-order valence-electron chi connectivity index (χ1n) is 10.6. The molecule has 25 heavy (non-hydrogen) atoms. The zero-order valence-corrected chi connectivity index (χ0v) is 15.8. The molecular formula is C25H34. The van der Waals surface area contributed by atoms with E-state index in [2.05, 4.69) is 62.1 Å². The lowest BCUT2D eigenvalue weighted by molar-refractivity contribution is 0.316. The maximum Gasteiger partial charge on any atom is -0.0136 e. The van der Waals surface area contributed by atoms with Crippen molar-refractivity contribution in [1.29, 1.82) is 0 Å². The average molecular weight is 335 g/mol. The van der Waals surface area contributed by atoms with Crippen LogP contribution in [0.1, 0.15) is 51.9 Å². The lowest BCUT2D eigenvalue weighted by Crippen LogP contribution is -2.17. The molecule has 0 aromatic carbocycles. The van der Waals surface area contributed by atoms with Crippen LogP contribution in [0.2, 0.25) is 0 Å². The van der Waals surface area contributed by atoms with E-state index in [1.54, 1.807) is 0 Å². The molecule has 7 unspecified atom stereocenters. The Morgan fingerprint density at radius 2 is 1.36 bits per heavy atom. The van der Waals surface area contributed by atoms with Gasteiger partial charge in [-0.15, -0.1) is 6.58 Å². The molecule has 134 valence electrons. The molecule has 0 aromatic rings. The van der Waals surface area contributed by atoms with Crippen molar-refractivity contribution in [3.05, 3.63) is 60.8 Å². The van der Waals surface area contributed by atoms with Gasteiger partial charge in [0.15, 0.2) is 0 Å². The number of fused-ring (bicyclic) bond motifs is 2. The van der Waals surface area contributed by atoms with Gasteiger partial charge in [0.25, 0.3) is 0 Å². The molecule has 2 saturated carbocycles. The number of rotatable bonds is 6. The Balaban J connectivity index is 1.36. The van der Waals surface area contributed by atoms with Crippen LogP contribution in [-0.2, 0) is 0 Å². The summed E-state index contributed by atoms with van der Waals surface area (Å²) in [5, 5.41) is 0. The normalized spacial score (nSPS) is 41.1. The van der Waals surface area contributed by atoms with Crippen LogP contribution in [0.4, 0.5) is 0 Å². The van der Waals surface area contributed by atoms with Crippen LogP contribution in [0.15, 0.2) is 60.8 Å². The SMILES string of the molecule is C=C(C)CCC1CC(CCC2CCC3C=CC=CC32)C2C=CC=CC12. The fourth-order valence-corrected chi connectivity index (χ4v) is 6.17. The minimum Gasteiger partial charge on any atom is -0.100 e. The second-order valence-electron chi connectivity index (χ2n) is 9.10. The number of hydrogen-bond donors (Lipinski definition) is 0. The van der Waals surface area contributed by atoms with Crippen LogP contribution in [0.5, 0.6) is 0 Å². The first-order chi connectivity index (χ1) is 12.2.